The molecule has 0 aliphatic heterocycles. The van der Waals surface area contributed by atoms with Crippen LogP contribution in [0.25, 0.3) is 0 Å². The highest BCUT2D eigenvalue weighted by Crippen LogP contribution is 2.38. The van der Waals surface area contributed by atoms with E-state index in [-0.39, 0.29) is 11.1 Å². The van der Waals surface area contributed by atoms with Gasteiger partial charge in [0.15, 0.2) is 8.32 Å². The first-order chi connectivity index (χ1) is 8.63. The van der Waals surface area contributed by atoms with E-state index in [9.17, 15) is 0 Å². The summed E-state index contributed by atoms with van der Waals surface area (Å²) in [6, 6.07) is 0. The highest BCUT2D eigenvalue weighted by Gasteiger charge is 2.38. The number of hydrogen-bond acceptors (Lipinski definition) is 1. The molecule has 0 unspecified atom stereocenters. The fraction of sp³-hybridized carbons (Fsp3) is 0.750. The van der Waals surface area contributed by atoms with Gasteiger partial charge in [0.2, 0.25) is 0 Å². The van der Waals surface area contributed by atoms with Crippen molar-refractivity contribution in [2.45, 2.75) is 77.6 Å². The van der Waals surface area contributed by atoms with E-state index in [1.165, 1.54) is 35.7 Å². The Bertz CT molecular complexity index is 363. The fourth-order valence-corrected chi connectivity index (χ4v) is 4.13. The van der Waals surface area contributed by atoms with Gasteiger partial charge in [0.1, 0.15) is 0 Å². The van der Waals surface area contributed by atoms with E-state index in [1.807, 2.05) is 0 Å². The molecule has 0 amide bonds. The number of rotatable bonds is 4. The molecule has 110 valence electrons. The van der Waals surface area contributed by atoms with Gasteiger partial charge in [-0.05, 0) is 62.4 Å². The predicted octanol–water partition coefficient (Wildman–Crippen LogP) is 6.18. The lowest BCUT2D eigenvalue weighted by Gasteiger charge is -2.38. The molecule has 1 rings (SSSR count). The van der Waals surface area contributed by atoms with Crippen molar-refractivity contribution in [1.29, 1.82) is 0 Å². The normalized spacial score (nSPS) is 20.2. The van der Waals surface area contributed by atoms with Crippen LogP contribution in [0.1, 0.15) is 53.4 Å². The Labute approximate surface area is 128 Å². The van der Waals surface area contributed by atoms with Crippen LogP contribution >= 0.6 is 15.9 Å². The summed E-state index contributed by atoms with van der Waals surface area (Å²) in [5.74, 6) is 0. The minimum Gasteiger partial charge on any atom is -0.411 e. The lowest BCUT2D eigenvalue weighted by molar-refractivity contribution is 0.243. The van der Waals surface area contributed by atoms with E-state index >= 15 is 0 Å². The van der Waals surface area contributed by atoms with Crippen molar-refractivity contribution in [3.05, 3.63) is 22.2 Å². The molecular weight excluding hydrogens is 316 g/mol. The van der Waals surface area contributed by atoms with Crippen LogP contribution in [0.4, 0.5) is 0 Å². The first-order valence-electron chi connectivity index (χ1n) is 7.38. The van der Waals surface area contributed by atoms with Crippen LogP contribution in [0.5, 0.6) is 0 Å². The Balaban J connectivity index is 2.68. The second kappa shape index (κ2) is 6.73. The molecule has 1 atom stereocenters. The zero-order valence-corrected chi connectivity index (χ0v) is 15.9. The van der Waals surface area contributed by atoms with Crippen molar-refractivity contribution in [3.8, 4) is 0 Å². The van der Waals surface area contributed by atoms with Crippen LogP contribution in [-0.4, -0.2) is 14.4 Å². The smallest absolute Gasteiger partial charge is 0.192 e. The minimum absolute atomic E-state index is 0.179. The molecular formula is C16H29BrOSi. The number of halogens is 1. The molecule has 1 aliphatic carbocycles. The van der Waals surface area contributed by atoms with Crippen LogP contribution in [0.15, 0.2) is 22.2 Å². The molecule has 3 heteroatoms. The van der Waals surface area contributed by atoms with Gasteiger partial charge in [-0.25, -0.2) is 0 Å². The second-order valence-electron chi connectivity index (χ2n) is 7.07. The van der Waals surface area contributed by atoms with Crippen molar-refractivity contribution >= 4 is 24.2 Å². The summed E-state index contributed by atoms with van der Waals surface area (Å²) in [7, 11) is -1.67. The summed E-state index contributed by atoms with van der Waals surface area (Å²) in [5, 5.41) is 0.270. The van der Waals surface area contributed by atoms with Gasteiger partial charge in [-0.2, -0.15) is 0 Å². The first-order valence-corrected chi connectivity index (χ1v) is 11.1. The molecule has 0 spiro atoms. The maximum absolute atomic E-state index is 6.37. The Kier molecular flexibility index (Phi) is 6.09. The van der Waals surface area contributed by atoms with Crippen LogP contribution in [0.3, 0.4) is 0 Å². The Morgan fingerprint density at radius 2 is 2.00 bits per heavy atom. The Hall–Kier alpha value is 0.137. The molecule has 0 fully saturated rings. The highest BCUT2D eigenvalue weighted by molar-refractivity contribution is 9.12. The van der Waals surface area contributed by atoms with Crippen molar-refractivity contribution < 1.29 is 4.43 Å². The molecule has 0 aromatic heterocycles. The van der Waals surface area contributed by atoms with Crippen LogP contribution in [-0.2, 0) is 4.43 Å². The zero-order valence-electron chi connectivity index (χ0n) is 13.3. The number of hydrogen-bond donors (Lipinski definition) is 0. The van der Waals surface area contributed by atoms with Gasteiger partial charge in [-0.1, -0.05) is 42.8 Å². The summed E-state index contributed by atoms with van der Waals surface area (Å²) in [5.41, 5.74) is 1.46. The molecule has 0 N–H and O–H groups in total. The maximum Gasteiger partial charge on any atom is 0.192 e. The average Bonchev–Trinajstić information content (AvgIpc) is 2.27. The third kappa shape index (κ3) is 5.20. The highest BCUT2D eigenvalue weighted by atomic mass is 79.9. The van der Waals surface area contributed by atoms with Gasteiger partial charge in [-0.3, -0.25) is 0 Å². The predicted molar refractivity (Wildman–Crippen MR) is 91.3 cm³/mol. The van der Waals surface area contributed by atoms with E-state index < -0.39 is 8.32 Å². The van der Waals surface area contributed by atoms with E-state index in [1.54, 1.807) is 0 Å². The second-order valence-corrected chi connectivity index (χ2v) is 12.7. The molecule has 0 aromatic rings. The van der Waals surface area contributed by atoms with Crippen LogP contribution in [0, 0.1) is 0 Å². The lowest BCUT2D eigenvalue weighted by atomic mass is 9.99. The molecule has 1 aliphatic rings. The standard InChI is InChI=1S/C16H29BrOSi/c1-13(18-19(5,6)16(2,3)4)12-15(17)14-10-8-7-9-11-14/h10,12-13H,7-9,11H2,1-6H3/b15-12-/t13-/m0/s1. The Morgan fingerprint density at radius 1 is 1.37 bits per heavy atom. The molecule has 1 nitrogen and oxygen atoms in total. The average molecular weight is 345 g/mol. The maximum atomic E-state index is 6.37. The summed E-state index contributed by atoms with van der Waals surface area (Å²) < 4.78 is 7.60. The number of allylic oxidation sites excluding steroid dienone is 3. The lowest BCUT2D eigenvalue weighted by Crippen LogP contribution is -2.42. The van der Waals surface area contributed by atoms with Gasteiger partial charge in [0.25, 0.3) is 0 Å². The third-order valence-electron chi connectivity index (χ3n) is 4.27. The van der Waals surface area contributed by atoms with E-state index in [0.29, 0.717) is 0 Å². The summed E-state index contributed by atoms with van der Waals surface area (Å²) in [4.78, 5) is 0. The van der Waals surface area contributed by atoms with Crippen molar-refractivity contribution in [2.75, 3.05) is 0 Å². The van der Waals surface area contributed by atoms with Crippen molar-refractivity contribution in [3.63, 3.8) is 0 Å². The van der Waals surface area contributed by atoms with Crippen LogP contribution in [0.2, 0.25) is 18.1 Å². The molecule has 0 saturated carbocycles. The molecule has 0 heterocycles. The molecule has 0 saturated heterocycles. The van der Waals surface area contributed by atoms with Gasteiger partial charge >= 0.3 is 0 Å². The van der Waals surface area contributed by atoms with E-state index in [0.717, 1.165) is 0 Å². The quantitative estimate of drug-likeness (QED) is 0.553. The van der Waals surface area contributed by atoms with Gasteiger partial charge < -0.3 is 4.43 Å². The van der Waals surface area contributed by atoms with E-state index in [2.05, 4.69) is 68.9 Å². The largest absolute Gasteiger partial charge is 0.411 e. The topological polar surface area (TPSA) is 9.23 Å². The van der Waals surface area contributed by atoms with E-state index in [4.69, 9.17) is 4.43 Å². The molecule has 19 heavy (non-hydrogen) atoms. The van der Waals surface area contributed by atoms with Crippen molar-refractivity contribution in [2.24, 2.45) is 0 Å². The molecule has 0 radical (unpaired) electrons. The van der Waals surface area contributed by atoms with Gasteiger partial charge in [0, 0.05) is 4.48 Å². The fourth-order valence-electron chi connectivity index (χ4n) is 2.04. The summed E-state index contributed by atoms with van der Waals surface area (Å²) in [6.07, 6.45) is 9.84. The van der Waals surface area contributed by atoms with Crippen LogP contribution < -0.4 is 0 Å². The minimum atomic E-state index is -1.67. The van der Waals surface area contributed by atoms with Gasteiger partial charge in [-0.15, -0.1) is 0 Å². The third-order valence-corrected chi connectivity index (χ3v) is 9.61. The Morgan fingerprint density at radius 3 is 2.47 bits per heavy atom. The molecule has 0 bridgehead atoms. The van der Waals surface area contributed by atoms with Crippen molar-refractivity contribution in [1.82, 2.24) is 0 Å². The summed E-state index contributed by atoms with van der Waals surface area (Å²) in [6.45, 7) is 13.6. The van der Waals surface area contributed by atoms with Gasteiger partial charge in [0.05, 0.1) is 6.10 Å². The monoisotopic (exact) mass is 344 g/mol. The zero-order chi connectivity index (χ0) is 14.7. The summed E-state index contributed by atoms with van der Waals surface area (Å²) >= 11 is 3.73. The SMILES string of the molecule is C[C@@H](/C=C(\Br)C1=CCCCC1)O[Si](C)(C)C(C)(C)C. The first kappa shape index (κ1) is 17.2. The molecule has 0 aromatic carbocycles.